The summed E-state index contributed by atoms with van der Waals surface area (Å²) in [6.45, 7) is 15.8. The molecule has 5 aromatic carbocycles. The van der Waals surface area contributed by atoms with Crippen molar-refractivity contribution in [3.8, 4) is 23.0 Å². The number of thiophene rings is 1. The van der Waals surface area contributed by atoms with E-state index in [9.17, 15) is 0 Å². The van der Waals surface area contributed by atoms with Crippen LogP contribution in [0.5, 0.6) is 23.0 Å². The Kier molecular flexibility index (Phi) is 6.60. The Morgan fingerprint density at radius 2 is 1.25 bits per heavy atom. The number of anilines is 6. The molecule has 0 N–H and O–H groups in total. The SMILES string of the molecule is Cc1cc2c3c(c1)N(c1c(C)cc(C(C)(C)C)cc1C)c1c(sc4ccccc14)B3c1cc3c(cc1N2c1ccc2c(c1)OCCO2)OCCO3. The van der Waals surface area contributed by atoms with E-state index in [1.165, 1.54) is 65.1 Å². The molecule has 5 heterocycles. The van der Waals surface area contributed by atoms with Crippen LogP contribution in [0, 0.1) is 20.8 Å². The van der Waals surface area contributed by atoms with Crippen LogP contribution in [0.1, 0.15) is 43.0 Å². The first-order chi connectivity index (χ1) is 24.7. The fraction of sp³-hybridized carbons (Fsp3) is 0.256. The van der Waals surface area contributed by atoms with Crippen molar-refractivity contribution < 1.29 is 18.9 Å². The Labute approximate surface area is 303 Å². The summed E-state index contributed by atoms with van der Waals surface area (Å²) >= 11 is 1.91. The Hall–Kier alpha value is -5.08. The summed E-state index contributed by atoms with van der Waals surface area (Å²) in [5.74, 6) is 3.12. The number of hydrogen-bond acceptors (Lipinski definition) is 7. The molecule has 4 aliphatic heterocycles. The van der Waals surface area contributed by atoms with Gasteiger partial charge < -0.3 is 28.7 Å². The van der Waals surface area contributed by atoms with E-state index in [1.54, 1.807) is 0 Å². The monoisotopic (exact) mass is 690 g/mol. The summed E-state index contributed by atoms with van der Waals surface area (Å²) in [6, 6.07) is 29.2. The molecule has 0 saturated carbocycles. The van der Waals surface area contributed by atoms with Crippen LogP contribution >= 0.6 is 11.3 Å². The second kappa shape index (κ2) is 11.0. The quantitative estimate of drug-likeness (QED) is 0.169. The third-order valence-corrected chi connectivity index (χ3v) is 12.0. The second-order valence-corrected chi connectivity index (χ2v) is 16.3. The van der Waals surface area contributed by atoms with E-state index in [2.05, 4.69) is 124 Å². The maximum atomic E-state index is 6.27. The fourth-order valence-corrected chi connectivity index (χ4v) is 9.84. The minimum absolute atomic E-state index is 0.00648. The molecule has 0 atom stereocenters. The van der Waals surface area contributed by atoms with Gasteiger partial charge in [-0.25, -0.2) is 0 Å². The molecule has 0 unspecified atom stereocenters. The summed E-state index contributed by atoms with van der Waals surface area (Å²) in [5, 5.41) is 1.28. The molecule has 0 bridgehead atoms. The summed E-state index contributed by atoms with van der Waals surface area (Å²) in [5.41, 5.74) is 14.6. The molecule has 0 amide bonds. The van der Waals surface area contributed by atoms with Gasteiger partial charge in [-0.05, 0) is 95.8 Å². The van der Waals surface area contributed by atoms with Crippen LogP contribution in [0.15, 0.2) is 78.9 Å². The highest BCUT2D eigenvalue weighted by Crippen LogP contribution is 2.51. The maximum Gasteiger partial charge on any atom is 0.264 e. The zero-order chi connectivity index (χ0) is 34.8. The zero-order valence-corrected chi connectivity index (χ0v) is 30.7. The van der Waals surface area contributed by atoms with E-state index >= 15 is 0 Å². The average Bonchev–Trinajstić information content (AvgIpc) is 3.50. The normalized spacial score (nSPS) is 15.5. The van der Waals surface area contributed by atoms with E-state index in [-0.39, 0.29) is 12.1 Å². The highest BCUT2D eigenvalue weighted by atomic mass is 32.1. The van der Waals surface area contributed by atoms with Crippen LogP contribution < -0.4 is 44.4 Å². The minimum atomic E-state index is -0.00648. The molecule has 6 aromatic rings. The lowest BCUT2D eigenvalue weighted by Gasteiger charge is -2.44. The highest BCUT2D eigenvalue weighted by Gasteiger charge is 2.46. The molecule has 0 aliphatic carbocycles. The molecule has 0 fully saturated rings. The lowest BCUT2D eigenvalue weighted by Crippen LogP contribution is -2.60. The van der Waals surface area contributed by atoms with Crippen molar-refractivity contribution in [2.45, 2.75) is 47.0 Å². The number of aryl methyl sites for hydroxylation is 3. The number of rotatable bonds is 2. The highest BCUT2D eigenvalue weighted by molar-refractivity contribution is 7.33. The number of nitrogens with zero attached hydrogens (tertiary/aromatic N) is 2. The largest absolute Gasteiger partial charge is 0.486 e. The van der Waals surface area contributed by atoms with Gasteiger partial charge in [-0.3, -0.25) is 0 Å². The fourth-order valence-electron chi connectivity index (χ4n) is 8.52. The van der Waals surface area contributed by atoms with Gasteiger partial charge in [0.05, 0.1) is 17.1 Å². The van der Waals surface area contributed by atoms with Crippen LogP contribution in [0.25, 0.3) is 10.1 Å². The number of fused-ring (bicyclic) bond motifs is 8. The van der Waals surface area contributed by atoms with E-state index in [0.717, 1.165) is 40.1 Å². The van der Waals surface area contributed by atoms with Crippen molar-refractivity contribution in [3.63, 3.8) is 0 Å². The van der Waals surface area contributed by atoms with Gasteiger partial charge in [0.25, 0.3) is 6.71 Å². The van der Waals surface area contributed by atoms with E-state index in [1.807, 2.05) is 17.4 Å². The first kappa shape index (κ1) is 30.7. The van der Waals surface area contributed by atoms with Crippen LogP contribution in [-0.2, 0) is 5.41 Å². The Morgan fingerprint density at radius 3 is 1.96 bits per heavy atom. The third kappa shape index (κ3) is 4.55. The summed E-state index contributed by atoms with van der Waals surface area (Å²) < 4.78 is 27.2. The lowest BCUT2D eigenvalue weighted by atomic mass is 9.36. The molecular weight excluding hydrogens is 651 g/mol. The molecular formula is C43H39BN2O4S. The Bertz CT molecular complexity index is 2420. The molecule has 0 radical (unpaired) electrons. The van der Waals surface area contributed by atoms with Gasteiger partial charge in [0.15, 0.2) is 23.0 Å². The predicted octanol–water partition coefficient (Wildman–Crippen LogP) is 8.75. The maximum absolute atomic E-state index is 6.27. The standard InChI is InChI=1S/C43H39BN2O4S/c1-24-17-32-39-33(18-24)46(40-25(2)19-27(20-26(40)3)43(4,5)6)41-29-9-7-8-10-38(29)51-42(41)44(39)30-22-36-37(50-16-15-49-36)23-31(30)45(32)28-11-12-34-35(21-28)48-14-13-47-34/h7-12,17-23H,13-16H2,1-6H3. The van der Waals surface area contributed by atoms with Crippen molar-refractivity contribution in [1.29, 1.82) is 0 Å². The third-order valence-electron chi connectivity index (χ3n) is 10.7. The summed E-state index contributed by atoms with van der Waals surface area (Å²) in [7, 11) is 0. The molecule has 6 nitrogen and oxygen atoms in total. The van der Waals surface area contributed by atoms with Gasteiger partial charge in [-0.2, -0.15) is 0 Å². The smallest absolute Gasteiger partial charge is 0.264 e. The number of benzene rings is 5. The van der Waals surface area contributed by atoms with Crippen molar-refractivity contribution in [3.05, 3.63) is 101 Å². The van der Waals surface area contributed by atoms with Crippen LogP contribution in [0.4, 0.5) is 34.1 Å². The van der Waals surface area contributed by atoms with Crippen molar-refractivity contribution in [2.75, 3.05) is 36.2 Å². The molecule has 51 heavy (non-hydrogen) atoms. The van der Waals surface area contributed by atoms with Gasteiger partial charge in [-0.15, -0.1) is 11.3 Å². The van der Waals surface area contributed by atoms with Crippen molar-refractivity contribution in [1.82, 2.24) is 0 Å². The van der Waals surface area contributed by atoms with E-state index in [0.29, 0.717) is 26.4 Å². The number of ether oxygens (including phenoxy) is 4. The zero-order valence-electron chi connectivity index (χ0n) is 29.8. The molecule has 254 valence electrons. The number of hydrogen-bond donors (Lipinski definition) is 0. The summed E-state index contributed by atoms with van der Waals surface area (Å²) in [4.78, 5) is 4.98. The van der Waals surface area contributed by atoms with Crippen molar-refractivity contribution in [2.24, 2.45) is 0 Å². The van der Waals surface area contributed by atoms with Gasteiger partial charge >= 0.3 is 0 Å². The molecule has 8 heteroatoms. The molecule has 0 saturated heterocycles. The topological polar surface area (TPSA) is 43.4 Å². The van der Waals surface area contributed by atoms with Crippen LogP contribution in [-0.4, -0.2) is 33.1 Å². The van der Waals surface area contributed by atoms with Gasteiger partial charge in [-0.1, -0.05) is 51.1 Å². The second-order valence-electron chi connectivity index (χ2n) is 15.2. The van der Waals surface area contributed by atoms with E-state index < -0.39 is 0 Å². The Balaban J connectivity index is 1.31. The van der Waals surface area contributed by atoms with Crippen LogP contribution in [0.3, 0.4) is 0 Å². The molecule has 1 aromatic heterocycles. The minimum Gasteiger partial charge on any atom is -0.486 e. The van der Waals surface area contributed by atoms with Crippen molar-refractivity contribution >= 4 is 78.0 Å². The van der Waals surface area contributed by atoms with E-state index in [4.69, 9.17) is 18.9 Å². The molecule has 4 aliphatic rings. The first-order valence-electron chi connectivity index (χ1n) is 17.9. The average molecular weight is 691 g/mol. The summed E-state index contributed by atoms with van der Waals surface area (Å²) in [6.07, 6.45) is 0. The Morgan fingerprint density at radius 1 is 0.627 bits per heavy atom. The molecule has 10 rings (SSSR count). The lowest BCUT2D eigenvalue weighted by molar-refractivity contribution is 0.171. The van der Waals surface area contributed by atoms with Gasteiger partial charge in [0, 0.05) is 44.1 Å². The van der Waals surface area contributed by atoms with Gasteiger partial charge in [0.1, 0.15) is 26.4 Å². The first-order valence-corrected chi connectivity index (χ1v) is 18.7. The van der Waals surface area contributed by atoms with Gasteiger partial charge in [0.2, 0.25) is 0 Å². The predicted molar refractivity (Wildman–Crippen MR) is 211 cm³/mol. The molecule has 0 spiro atoms. The van der Waals surface area contributed by atoms with Crippen LogP contribution in [0.2, 0.25) is 0 Å².